The second-order valence-corrected chi connectivity index (χ2v) is 10.6. The Balaban J connectivity index is 1.64. The standard InChI is InChI=1S/C21H27F2N3O5S/c1-12(2)20(21(29)25-32(30,31)15-7-8-15)24-17(27)10-14-6-9-18(28)26(14)11-13-4-3-5-16(22)19(13)23/h3-5,12,14-15,20H,6-11H2,1-2H3,(H,24,27)(H,25,29)/t14-,20-/m0/s1. The zero-order chi connectivity index (χ0) is 23.6. The summed E-state index contributed by atoms with van der Waals surface area (Å²) in [5, 5.41) is 1.98. The zero-order valence-corrected chi connectivity index (χ0v) is 18.8. The van der Waals surface area contributed by atoms with Gasteiger partial charge in [-0.15, -0.1) is 0 Å². The van der Waals surface area contributed by atoms with Crippen LogP contribution in [0.3, 0.4) is 0 Å². The van der Waals surface area contributed by atoms with Crippen LogP contribution in [0.4, 0.5) is 8.78 Å². The van der Waals surface area contributed by atoms with E-state index in [1.54, 1.807) is 13.8 Å². The smallest absolute Gasteiger partial charge is 0.256 e. The number of hydrogen-bond acceptors (Lipinski definition) is 5. The van der Waals surface area contributed by atoms with Gasteiger partial charge in [0, 0.05) is 31.0 Å². The van der Waals surface area contributed by atoms with Crippen molar-refractivity contribution in [1.29, 1.82) is 0 Å². The molecule has 0 spiro atoms. The summed E-state index contributed by atoms with van der Waals surface area (Å²) >= 11 is 0. The van der Waals surface area contributed by atoms with Gasteiger partial charge in [-0.2, -0.15) is 0 Å². The largest absolute Gasteiger partial charge is 0.344 e. The van der Waals surface area contributed by atoms with Crippen LogP contribution in [-0.4, -0.2) is 48.4 Å². The fourth-order valence-electron chi connectivity index (χ4n) is 3.72. The van der Waals surface area contributed by atoms with Crippen LogP contribution in [0.5, 0.6) is 0 Å². The highest BCUT2D eigenvalue weighted by Crippen LogP contribution is 2.28. The molecule has 2 fully saturated rings. The molecule has 1 saturated carbocycles. The topological polar surface area (TPSA) is 113 Å². The van der Waals surface area contributed by atoms with Crippen LogP contribution in [0.25, 0.3) is 0 Å². The van der Waals surface area contributed by atoms with Gasteiger partial charge in [0.25, 0.3) is 5.91 Å². The van der Waals surface area contributed by atoms with E-state index in [0.29, 0.717) is 19.3 Å². The van der Waals surface area contributed by atoms with Crippen molar-refractivity contribution < 1.29 is 31.6 Å². The normalized spacial score (nSPS) is 19.8. The number of hydrogen-bond donors (Lipinski definition) is 2. The van der Waals surface area contributed by atoms with E-state index >= 15 is 0 Å². The van der Waals surface area contributed by atoms with Gasteiger partial charge in [0.1, 0.15) is 6.04 Å². The molecular formula is C21H27F2N3O5S. The van der Waals surface area contributed by atoms with E-state index in [-0.39, 0.29) is 36.8 Å². The predicted octanol–water partition coefficient (Wildman–Crippen LogP) is 1.60. The van der Waals surface area contributed by atoms with Crippen molar-refractivity contribution in [2.75, 3.05) is 0 Å². The van der Waals surface area contributed by atoms with Crippen molar-refractivity contribution in [2.45, 2.75) is 69.8 Å². The number of nitrogens with zero attached hydrogens (tertiary/aromatic N) is 1. The van der Waals surface area contributed by atoms with Gasteiger partial charge in [-0.25, -0.2) is 17.2 Å². The molecule has 3 amide bonds. The highest BCUT2D eigenvalue weighted by atomic mass is 32.2. The maximum Gasteiger partial charge on any atom is 0.256 e. The average molecular weight is 472 g/mol. The van der Waals surface area contributed by atoms with E-state index in [0.717, 1.165) is 6.07 Å². The molecule has 8 nitrogen and oxygen atoms in total. The van der Waals surface area contributed by atoms with Crippen molar-refractivity contribution >= 4 is 27.7 Å². The lowest BCUT2D eigenvalue weighted by Gasteiger charge is -2.26. The summed E-state index contributed by atoms with van der Waals surface area (Å²) in [6.45, 7) is 3.17. The van der Waals surface area contributed by atoms with Gasteiger partial charge in [-0.1, -0.05) is 26.0 Å². The number of carbonyl (C=O) groups excluding carboxylic acids is 3. The van der Waals surface area contributed by atoms with Gasteiger partial charge in [0.05, 0.1) is 5.25 Å². The maximum absolute atomic E-state index is 14.0. The van der Waals surface area contributed by atoms with Crippen molar-refractivity contribution in [3.63, 3.8) is 0 Å². The Hall–Kier alpha value is -2.56. The van der Waals surface area contributed by atoms with Crippen molar-refractivity contribution in [2.24, 2.45) is 5.92 Å². The molecule has 2 N–H and O–H groups in total. The molecule has 11 heteroatoms. The van der Waals surface area contributed by atoms with E-state index < -0.39 is 50.8 Å². The minimum Gasteiger partial charge on any atom is -0.344 e. The van der Waals surface area contributed by atoms with Crippen LogP contribution in [0.15, 0.2) is 18.2 Å². The molecule has 1 aromatic carbocycles. The second kappa shape index (κ2) is 9.51. The third-order valence-electron chi connectivity index (χ3n) is 5.72. The fourth-order valence-corrected chi connectivity index (χ4v) is 5.05. The molecule has 1 aliphatic heterocycles. The third-order valence-corrected chi connectivity index (χ3v) is 7.55. The number of carbonyl (C=O) groups is 3. The van der Waals surface area contributed by atoms with E-state index in [1.807, 2.05) is 4.72 Å². The number of amides is 3. The molecule has 0 unspecified atom stereocenters. The monoisotopic (exact) mass is 471 g/mol. The third kappa shape index (κ3) is 5.62. The first-order valence-electron chi connectivity index (χ1n) is 10.6. The average Bonchev–Trinajstić information content (AvgIpc) is 3.51. The molecule has 3 rings (SSSR count). The Kier molecular flexibility index (Phi) is 7.16. The molecule has 1 saturated heterocycles. The number of benzene rings is 1. The predicted molar refractivity (Wildman–Crippen MR) is 111 cm³/mol. The van der Waals surface area contributed by atoms with E-state index in [9.17, 15) is 31.6 Å². The molecule has 1 heterocycles. The Morgan fingerprint density at radius 3 is 2.50 bits per heavy atom. The van der Waals surface area contributed by atoms with Crippen molar-refractivity contribution in [3.05, 3.63) is 35.4 Å². The number of halogens is 2. The fraction of sp³-hybridized carbons (Fsp3) is 0.571. The first kappa shape index (κ1) is 24.1. The molecule has 0 aromatic heterocycles. The highest BCUT2D eigenvalue weighted by molar-refractivity contribution is 7.90. The second-order valence-electron chi connectivity index (χ2n) is 8.63. The van der Waals surface area contributed by atoms with Crippen LogP contribution < -0.4 is 10.0 Å². The molecule has 2 aliphatic rings. The highest BCUT2D eigenvalue weighted by Gasteiger charge is 2.39. The number of likely N-dealkylation sites (tertiary alicyclic amines) is 1. The van der Waals surface area contributed by atoms with Gasteiger partial charge < -0.3 is 10.2 Å². The van der Waals surface area contributed by atoms with E-state index in [2.05, 4.69) is 5.32 Å². The first-order chi connectivity index (χ1) is 15.0. The molecule has 0 bridgehead atoms. The Bertz CT molecular complexity index is 1010. The summed E-state index contributed by atoms with van der Waals surface area (Å²) in [6, 6.07) is 2.09. The van der Waals surface area contributed by atoms with Crippen LogP contribution in [0, 0.1) is 17.6 Å². The lowest BCUT2D eigenvalue weighted by atomic mass is 10.0. The molecule has 2 atom stereocenters. The van der Waals surface area contributed by atoms with Crippen LogP contribution in [0.2, 0.25) is 0 Å². The minimum absolute atomic E-state index is 0.00961. The summed E-state index contributed by atoms with van der Waals surface area (Å²) in [5.41, 5.74) is 0.00961. The van der Waals surface area contributed by atoms with Gasteiger partial charge in [-0.3, -0.25) is 19.1 Å². The van der Waals surface area contributed by atoms with Gasteiger partial charge >= 0.3 is 0 Å². The van der Waals surface area contributed by atoms with Crippen LogP contribution >= 0.6 is 0 Å². The Morgan fingerprint density at radius 1 is 1.19 bits per heavy atom. The maximum atomic E-state index is 14.0. The van der Waals surface area contributed by atoms with Crippen LogP contribution in [-0.2, 0) is 31.0 Å². The van der Waals surface area contributed by atoms with E-state index in [1.165, 1.54) is 17.0 Å². The molecule has 0 radical (unpaired) electrons. The zero-order valence-electron chi connectivity index (χ0n) is 17.9. The molecule has 176 valence electrons. The first-order valence-corrected chi connectivity index (χ1v) is 12.1. The Morgan fingerprint density at radius 2 is 1.88 bits per heavy atom. The Labute approximate surface area is 185 Å². The van der Waals surface area contributed by atoms with Crippen molar-refractivity contribution in [3.8, 4) is 0 Å². The SMILES string of the molecule is CC(C)[C@H](NC(=O)C[C@@H]1CCC(=O)N1Cc1cccc(F)c1F)C(=O)NS(=O)(=O)C1CC1. The molecule has 32 heavy (non-hydrogen) atoms. The molecule has 1 aliphatic carbocycles. The number of nitrogens with one attached hydrogen (secondary N) is 2. The summed E-state index contributed by atoms with van der Waals surface area (Å²) in [5.74, 6) is -4.05. The number of sulfonamides is 1. The lowest BCUT2D eigenvalue weighted by Crippen LogP contribution is -2.52. The quantitative estimate of drug-likeness (QED) is 0.568. The number of rotatable bonds is 9. The molecular weight excluding hydrogens is 444 g/mol. The van der Waals surface area contributed by atoms with Crippen molar-refractivity contribution in [1.82, 2.24) is 14.9 Å². The van der Waals surface area contributed by atoms with E-state index in [4.69, 9.17) is 0 Å². The summed E-state index contributed by atoms with van der Waals surface area (Å²) in [7, 11) is -3.75. The summed E-state index contributed by atoms with van der Waals surface area (Å²) in [4.78, 5) is 38.7. The summed E-state index contributed by atoms with van der Waals surface area (Å²) < 4.78 is 53.7. The summed E-state index contributed by atoms with van der Waals surface area (Å²) in [6.07, 6.45) is 1.38. The van der Waals surface area contributed by atoms with Gasteiger partial charge in [0.2, 0.25) is 21.8 Å². The van der Waals surface area contributed by atoms with Gasteiger partial charge in [0.15, 0.2) is 11.6 Å². The van der Waals surface area contributed by atoms with Crippen LogP contribution in [0.1, 0.15) is 51.5 Å². The molecule has 1 aromatic rings. The minimum atomic E-state index is -3.75. The lowest BCUT2D eigenvalue weighted by molar-refractivity contribution is -0.132. The van der Waals surface area contributed by atoms with Gasteiger partial charge in [-0.05, 0) is 31.2 Å².